The quantitative estimate of drug-likeness (QED) is 0.476. The Morgan fingerprint density at radius 1 is 1.62 bits per heavy atom. The van der Waals surface area contributed by atoms with Crippen molar-refractivity contribution in [2.45, 2.75) is 27.3 Å². The van der Waals surface area contributed by atoms with Crippen molar-refractivity contribution in [3.05, 3.63) is 15.8 Å². The lowest BCUT2D eigenvalue weighted by molar-refractivity contribution is -0.384. The Morgan fingerprint density at radius 3 is 2.81 bits per heavy atom. The minimum Gasteiger partial charge on any atom is -0.354 e. The van der Waals surface area contributed by atoms with E-state index in [9.17, 15) is 10.1 Å². The highest BCUT2D eigenvalue weighted by Gasteiger charge is 2.24. The number of nitro groups is 1. The maximum absolute atomic E-state index is 10.9. The van der Waals surface area contributed by atoms with Crippen LogP contribution in [-0.2, 0) is 6.54 Å². The second-order valence-electron chi connectivity index (χ2n) is 3.14. The molecule has 0 spiro atoms. The van der Waals surface area contributed by atoms with E-state index in [0.29, 0.717) is 24.6 Å². The molecule has 1 rings (SSSR count). The van der Waals surface area contributed by atoms with Crippen molar-refractivity contribution in [1.29, 1.82) is 0 Å². The zero-order valence-corrected chi connectivity index (χ0v) is 9.57. The van der Waals surface area contributed by atoms with E-state index in [-0.39, 0.29) is 5.69 Å². The molecule has 1 heterocycles. The van der Waals surface area contributed by atoms with Crippen molar-refractivity contribution in [3.63, 3.8) is 0 Å². The topological polar surface area (TPSA) is 73.0 Å². The minimum atomic E-state index is -0.420. The first kappa shape index (κ1) is 12.0. The Labute approximate surface area is 93.8 Å². The zero-order valence-electron chi connectivity index (χ0n) is 9.57. The summed E-state index contributed by atoms with van der Waals surface area (Å²) in [7, 11) is 0. The van der Waals surface area contributed by atoms with Crippen LogP contribution >= 0.6 is 0 Å². The van der Waals surface area contributed by atoms with Crippen molar-refractivity contribution < 1.29 is 4.92 Å². The number of hydrogen-bond donors (Lipinski definition) is 1. The first-order valence-corrected chi connectivity index (χ1v) is 4.97. The molecule has 0 aliphatic heterocycles. The van der Waals surface area contributed by atoms with E-state index in [1.165, 1.54) is 0 Å². The highest BCUT2D eigenvalue weighted by atomic mass is 16.6. The lowest BCUT2D eigenvalue weighted by Crippen LogP contribution is -2.08. The molecule has 0 aliphatic rings. The van der Waals surface area contributed by atoms with E-state index in [2.05, 4.69) is 22.3 Å². The average molecular weight is 222 g/mol. The van der Waals surface area contributed by atoms with Gasteiger partial charge in [0.15, 0.2) is 0 Å². The summed E-state index contributed by atoms with van der Waals surface area (Å²) in [6.45, 7) is 6.19. The van der Waals surface area contributed by atoms with Gasteiger partial charge in [0.05, 0.1) is 11.5 Å². The van der Waals surface area contributed by atoms with E-state index in [1.807, 2.05) is 6.92 Å². The summed E-state index contributed by atoms with van der Waals surface area (Å²) < 4.78 is 1.57. The largest absolute Gasteiger partial charge is 0.354 e. The molecule has 1 aromatic rings. The Hall–Kier alpha value is -2.03. The van der Waals surface area contributed by atoms with Crippen LogP contribution in [-0.4, -0.2) is 21.2 Å². The predicted octanol–water partition coefficient (Wildman–Crippen LogP) is 1.55. The fourth-order valence-corrected chi connectivity index (χ4v) is 1.41. The van der Waals surface area contributed by atoms with Gasteiger partial charge in [-0.15, -0.1) is 5.92 Å². The van der Waals surface area contributed by atoms with Gasteiger partial charge in [-0.1, -0.05) is 5.92 Å². The zero-order chi connectivity index (χ0) is 12.1. The number of anilines is 1. The molecule has 16 heavy (non-hydrogen) atoms. The van der Waals surface area contributed by atoms with Crippen LogP contribution in [0.2, 0.25) is 0 Å². The summed E-state index contributed by atoms with van der Waals surface area (Å²) >= 11 is 0. The third kappa shape index (κ3) is 2.31. The molecule has 0 atom stereocenters. The van der Waals surface area contributed by atoms with Gasteiger partial charge in [-0.3, -0.25) is 10.1 Å². The molecule has 0 unspecified atom stereocenters. The first-order chi connectivity index (χ1) is 7.61. The molecule has 1 aromatic heterocycles. The molecule has 0 radical (unpaired) electrons. The average Bonchev–Trinajstić information content (AvgIpc) is 2.55. The normalized spacial score (nSPS) is 9.44. The van der Waals surface area contributed by atoms with Crippen molar-refractivity contribution >= 4 is 11.5 Å². The third-order valence-electron chi connectivity index (χ3n) is 2.10. The van der Waals surface area contributed by atoms with Crippen LogP contribution in [0.5, 0.6) is 0 Å². The third-order valence-corrected chi connectivity index (χ3v) is 2.10. The molecular weight excluding hydrogens is 208 g/mol. The molecule has 0 bridgehead atoms. The van der Waals surface area contributed by atoms with Gasteiger partial charge in [-0.05, 0) is 20.8 Å². The monoisotopic (exact) mass is 222 g/mol. The standard InChI is InChI=1S/C10H14N4O2/c1-4-6-7-11-10-9(14(15)16)8(3)12-13(10)5-2/h11H,5,7H2,1-3H3. The Morgan fingerprint density at radius 2 is 2.31 bits per heavy atom. The van der Waals surface area contributed by atoms with Gasteiger partial charge in [0, 0.05) is 6.54 Å². The number of aryl methyl sites for hydroxylation is 2. The van der Waals surface area contributed by atoms with E-state index in [0.717, 1.165) is 0 Å². The molecule has 0 amide bonds. The van der Waals surface area contributed by atoms with Crippen molar-refractivity contribution in [2.75, 3.05) is 11.9 Å². The maximum atomic E-state index is 10.9. The SMILES string of the molecule is CC#CCNc1c([N+](=O)[O-])c(C)nn1CC. The van der Waals surface area contributed by atoms with Gasteiger partial charge in [0.25, 0.3) is 0 Å². The van der Waals surface area contributed by atoms with E-state index in [4.69, 9.17) is 0 Å². The van der Waals surface area contributed by atoms with Gasteiger partial charge in [0.1, 0.15) is 5.69 Å². The molecule has 0 aromatic carbocycles. The number of nitrogens with one attached hydrogen (secondary N) is 1. The molecule has 86 valence electrons. The number of rotatable bonds is 4. The van der Waals surface area contributed by atoms with Crippen molar-refractivity contribution in [1.82, 2.24) is 9.78 Å². The molecule has 6 heteroatoms. The predicted molar refractivity (Wildman–Crippen MR) is 61.2 cm³/mol. The number of nitrogens with zero attached hydrogens (tertiary/aromatic N) is 3. The van der Waals surface area contributed by atoms with E-state index >= 15 is 0 Å². The van der Waals surface area contributed by atoms with Crippen LogP contribution < -0.4 is 5.32 Å². The van der Waals surface area contributed by atoms with Crippen LogP contribution in [0.4, 0.5) is 11.5 Å². The Bertz CT molecular complexity index is 453. The van der Waals surface area contributed by atoms with Crippen LogP contribution in [0.15, 0.2) is 0 Å². The molecular formula is C10H14N4O2. The van der Waals surface area contributed by atoms with Crippen molar-refractivity contribution in [2.24, 2.45) is 0 Å². The van der Waals surface area contributed by atoms with Crippen molar-refractivity contribution in [3.8, 4) is 11.8 Å². The Balaban J connectivity index is 3.09. The summed E-state index contributed by atoms with van der Waals surface area (Å²) in [5.74, 6) is 5.94. The summed E-state index contributed by atoms with van der Waals surface area (Å²) in [4.78, 5) is 10.5. The highest BCUT2D eigenvalue weighted by Crippen LogP contribution is 2.27. The molecule has 6 nitrogen and oxygen atoms in total. The summed E-state index contributed by atoms with van der Waals surface area (Å²) in [6.07, 6.45) is 0. The van der Waals surface area contributed by atoms with E-state index < -0.39 is 4.92 Å². The second kappa shape index (κ2) is 5.16. The number of hydrogen-bond acceptors (Lipinski definition) is 4. The van der Waals surface area contributed by atoms with Gasteiger partial charge >= 0.3 is 5.69 Å². The summed E-state index contributed by atoms with van der Waals surface area (Å²) in [6, 6.07) is 0. The Kier molecular flexibility index (Phi) is 3.89. The minimum absolute atomic E-state index is 0.0275. The first-order valence-electron chi connectivity index (χ1n) is 4.97. The molecule has 0 fully saturated rings. The van der Waals surface area contributed by atoms with Gasteiger partial charge in [-0.2, -0.15) is 5.10 Å². The van der Waals surface area contributed by atoms with Gasteiger partial charge in [0.2, 0.25) is 5.82 Å². The second-order valence-corrected chi connectivity index (χ2v) is 3.14. The fourth-order valence-electron chi connectivity index (χ4n) is 1.41. The van der Waals surface area contributed by atoms with Crippen LogP contribution in [0.25, 0.3) is 0 Å². The van der Waals surface area contributed by atoms with E-state index in [1.54, 1.807) is 18.5 Å². The maximum Gasteiger partial charge on any atom is 0.333 e. The highest BCUT2D eigenvalue weighted by molar-refractivity contribution is 5.59. The summed E-state index contributed by atoms with van der Waals surface area (Å²) in [5, 5.41) is 17.9. The summed E-state index contributed by atoms with van der Waals surface area (Å²) in [5.41, 5.74) is 0.443. The number of aromatic nitrogens is 2. The molecule has 1 N–H and O–H groups in total. The van der Waals surface area contributed by atoms with Crippen LogP contribution in [0.3, 0.4) is 0 Å². The smallest absolute Gasteiger partial charge is 0.333 e. The lowest BCUT2D eigenvalue weighted by atomic mass is 10.4. The lowest BCUT2D eigenvalue weighted by Gasteiger charge is -2.03. The molecule has 0 saturated carbocycles. The fraction of sp³-hybridized carbons (Fsp3) is 0.500. The van der Waals surface area contributed by atoms with Crippen LogP contribution in [0.1, 0.15) is 19.5 Å². The van der Waals surface area contributed by atoms with Gasteiger partial charge in [-0.25, -0.2) is 4.68 Å². The molecule has 0 saturated heterocycles. The van der Waals surface area contributed by atoms with Gasteiger partial charge < -0.3 is 5.32 Å². The van der Waals surface area contributed by atoms with Crippen LogP contribution in [0, 0.1) is 28.9 Å². The molecule has 0 aliphatic carbocycles.